The number of carbonyl (C=O) groups excluding carboxylic acids is 1. The molecule has 0 fully saturated rings. The number of carbonyl (C=O) groups is 2. The summed E-state index contributed by atoms with van der Waals surface area (Å²) in [6.45, 7) is 1.79. The molecule has 3 N–H and O–H groups in total. The zero-order valence-corrected chi connectivity index (χ0v) is 13.6. The molecule has 128 valence electrons. The monoisotopic (exact) mass is 338 g/mol. The predicted molar refractivity (Wildman–Crippen MR) is 92.9 cm³/mol. The Morgan fingerprint density at radius 2 is 2.16 bits per heavy atom. The molecule has 2 bridgehead atoms. The molecule has 0 radical (unpaired) electrons. The quantitative estimate of drug-likeness (QED) is 0.693. The summed E-state index contributed by atoms with van der Waals surface area (Å²) in [5.41, 5.74) is 2.91. The van der Waals surface area contributed by atoms with Crippen molar-refractivity contribution in [1.29, 1.82) is 0 Å². The van der Waals surface area contributed by atoms with Crippen molar-refractivity contribution < 1.29 is 14.7 Å². The Hall–Kier alpha value is -3.22. The van der Waals surface area contributed by atoms with Gasteiger partial charge in [0.2, 0.25) is 5.91 Å². The van der Waals surface area contributed by atoms with E-state index in [0.29, 0.717) is 12.1 Å². The van der Waals surface area contributed by atoms with Gasteiger partial charge in [0.15, 0.2) is 0 Å². The molecule has 0 aliphatic carbocycles. The SMILES string of the molecule is C[C@@H]1/C=C/C[C@H](NC(=O)O)c2cncc(c2)-c2ccncc2NC1=O. The first-order valence-electron chi connectivity index (χ1n) is 7.91. The molecule has 0 unspecified atom stereocenters. The number of pyridine rings is 2. The van der Waals surface area contributed by atoms with Crippen molar-refractivity contribution in [3.8, 4) is 11.1 Å². The number of fused-ring (bicyclic) bond motifs is 4. The van der Waals surface area contributed by atoms with Crippen LogP contribution in [0, 0.1) is 5.92 Å². The topological polar surface area (TPSA) is 104 Å². The van der Waals surface area contributed by atoms with Crippen molar-refractivity contribution in [2.45, 2.75) is 19.4 Å². The first-order chi connectivity index (χ1) is 12.0. The normalized spacial score (nSPS) is 21.1. The molecule has 3 heterocycles. The van der Waals surface area contributed by atoms with E-state index in [1.165, 1.54) is 0 Å². The van der Waals surface area contributed by atoms with Crippen molar-refractivity contribution in [2.24, 2.45) is 5.92 Å². The molecule has 2 aromatic heterocycles. The van der Waals surface area contributed by atoms with Crippen molar-refractivity contribution >= 4 is 17.7 Å². The summed E-state index contributed by atoms with van der Waals surface area (Å²) < 4.78 is 0. The van der Waals surface area contributed by atoms with Gasteiger partial charge in [-0.25, -0.2) is 4.79 Å². The van der Waals surface area contributed by atoms with Crippen LogP contribution in [-0.2, 0) is 4.79 Å². The summed E-state index contributed by atoms with van der Waals surface area (Å²) in [6, 6.07) is 3.22. The molecule has 3 rings (SSSR count). The van der Waals surface area contributed by atoms with Gasteiger partial charge in [-0.3, -0.25) is 14.8 Å². The van der Waals surface area contributed by atoms with E-state index in [1.54, 1.807) is 43.9 Å². The second kappa shape index (κ2) is 7.12. The number of carboxylic acid groups (broad SMARTS) is 1. The number of anilines is 1. The smallest absolute Gasteiger partial charge is 0.405 e. The van der Waals surface area contributed by atoms with E-state index in [-0.39, 0.29) is 11.8 Å². The van der Waals surface area contributed by atoms with E-state index in [4.69, 9.17) is 5.11 Å². The minimum atomic E-state index is -1.11. The number of nitrogens with one attached hydrogen (secondary N) is 2. The van der Waals surface area contributed by atoms with Crippen LogP contribution in [0.2, 0.25) is 0 Å². The van der Waals surface area contributed by atoms with Crippen LogP contribution in [0.1, 0.15) is 24.9 Å². The number of rotatable bonds is 1. The first kappa shape index (κ1) is 16.6. The average molecular weight is 338 g/mol. The Morgan fingerprint density at radius 3 is 2.96 bits per heavy atom. The van der Waals surface area contributed by atoms with Gasteiger partial charge in [-0.1, -0.05) is 19.1 Å². The fourth-order valence-corrected chi connectivity index (χ4v) is 2.72. The molecule has 2 aromatic rings. The number of hydrogen-bond acceptors (Lipinski definition) is 4. The van der Waals surface area contributed by atoms with Crippen molar-refractivity contribution in [3.05, 3.63) is 54.6 Å². The third-order valence-electron chi connectivity index (χ3n) is 4.06. The van der Waals surface area contributed by atoms with Gasteiger partial charge in [0.25, 0.3) is 0 Å². The fourth-order valence-electron chi connectivity index (χ4n) is 2.72. The molecular weight excluding hydrogens is 320 g/mol. The van der Waals surface area contributed by atoms with E-state index in [9.17, 15) is 9.59 Å². The molecule has 2 amide bonds. The van der Waals surface area contributed by atoms with Gasteiger partial charge in [-0.05, 0) is 24.1 Å². The zero-order valence-electron chi connectivity index (χ0n) is 13.6. The molecule has 0 saturated carbocycles. The van der Waals surface area contributed by atoms with Crippen molar-refractivity contribution in [2.75, 3.05) is 5.32 Å². The lowest BCUT2D eigenvalue weighted by molar-refractivity contribution is -0.118. The van der Waals surface area contributed by atoms with Crippen LogP contribution < -0.4 is 10.6 Å². The van der Waals surface area contributed by atoms with Gasteiger partial charge >= 0.3 is 6.09 Å². The highest BCUT2D eigenvalue weighted by molar-refractivity contribution is 5.97. The minimum Gasteiger partial charge on any atom is -0.465 e. The van der Waals surface area contributed by atoms with Crippen LogP contribution in [0.15, 0.2) is 49.1 Å². The van der Waals surface area contributed by atoms with Gasteiger partial charge in [-0.15, -0.1) is 0 Å². The Bertz CT molecular complexity index is 835. The Morgan fingerprint density at radius 1 is 1.32 bits per heavy atom. The molecule has 0 aromatic carbocycles. The molecule has 1 aliphatic rings. The van der Waals surface area contributed by atoms with E-state index in [1.807, 2.05) is 12.1 Å². The van der Waals surface area contributed by atoms with Crippen LogP contribution in [0.25, 0.3) is 11.1 Å². The van der Waals surface area contributed by atoms with E-state index < -0.39 is 12.1 Å². The van der Waals surface area contributed by atoms with Gasteiger partial charge in [0.1, 0.15) is 0 Å². The maximum atomic E-state index is 12.4. The van der Waals surface area contributed by atoms with Crippen LogP contribution in [-0.4, -0.2) is 27.1 Å². The molecule has 25 heavy (non-hydrogen) atoms. The van der Waals surface area contributed by atoms with Crippen LogP contribution in [0.5, 0.6) is 0 Å². The molecular formula is C18H18N4O3. The largest absolute Gasteiger partial charge is 0.465 e. The van der Waals surface area contributed by atoms with Gasteiger partial charge in [0, 0.05) is 29.7 Å². The van der Waals surface area contributed by atoms with E-state index >= 15 is 0 Å². The van der Waals surface area contributed by atoms with Gasteiger partial charge in [-0.2, -0.15) is 0 Å². The van der Waals surface area contributed by atoms with Crippen molar-refractivity contribution in [1.82, 2.24) is 15.3 Å². The molecule has 0 spiro atoms. The first-order valence-corrected chi connectivity index (χ1v) is 7.91. The number of aromatic nitrogens is 2. The van der Waals surface area contributed by atoms with Gasteiger partial charge < -0.3 is 15.7 Å². The summed E-state index contributed by atoms with van der Waals surface area (Å²) in [7, 11) is 0. The van der Waals surface area contributed by atoms with Crippen LogP contribution in [0.3, 0.4) is 0 Å². The van der Waals surface area contributed by atoms with E-state index in [0.717, 1.165) is 16.7 Å². The molecule has 7 nitrogen and oxygen atoms in total. The van der Waals surface area contributed by atoms with Crippen molar-refractivity contribution in [3.63, 3.8) is 0 Å². The average Bonchev–Trinajstić information content (AvgIpc) is 2.60. The molecule has 1 aliphatic heterocycles. The minimum absolute atomic E-state index is 0.155. The summed E-state index contributed by atoms with van der Waals surface area (Å²) in [4.78, 5) is 31.8. The number of hydrogen-bond donors (Lipinski definition) is 3. The third kappa shape index (κ3) is 3.82. The number of nitrogens with zero attached hydrogens (tertiary/aromatic N) is 2. The standard InChI is InChI=1S/C18H18N4O3/c1-11-3-2-4-15(22-18(24)25)13-7-12(8-20-9-13)14-5-6-19-10-16(14)21-17(11)23/h2-3,5-11,15,22H,4H2,1H3,(H,21,23)(H,24,25)/b3-2+/t11-,15+/m1/s1. The third-order valence-corrected chi connectivity index (χ3v) is 4.06. The molecule has 7 heteroatoms. The Kier molecular flexibility index (Phi) is 4.74. The Balaban J connectivity index is 2.12. The highest BCUT2D eigenvalue weighted by Gasteiger charge is 2.18. The van der Waals surface area contributed by atoms with Crippen LogP contribution >= 0.6 is 0 Å². The highest BCUT2D eigenvalue weighted by Crippen LogP contribution is 2.30. The second-order valence-corrected chi connectivity index (χ2v) is 5.87. The fraction of sp³-hybridized carbons (Fsp3) is 0.222. The molecule has 0 saturated heterocycles. The molecule has 2 atom stereocenters. The highest BCUT2D eigenvalue weighted by atomic mass is 16.4. The number of amides is 2. The zero-order chi connectivity index (χ0) is 17.8. The Labute approximate surface area is 144 Å². The van der Waals surface area contributed by atoms with Crippen LogP contribution in [0.4, 0.5) is 10.5 Å². The maximum absolute atomic E-state index is 12.4. The predicted octanol–water partition coefficient (Wildman–Crippen LogP) is 2.99. The lowest BCUT2D eigenvalue weighted by atomic mass is 9.98. The summed E-state index contributed by atoms with van der Waals surface area (Å²) in [5.74, 6) is -0.507. The summed E-state index contributed by atoms with van der Waals surface area (Å²) in [5, 5.41) is 14.5. The maximum Gasteiger partial charge on any atom is 0.405 e. The lowest BCUT2D eigenvalue weighted by Gasteiger charge is -2.19. The summed E-state index contributed by atoms with van der Waals surface area (Å²) >= 11 is 0. The van der Waals surface area contributed by atoms with Gasteiger partial charge in [0.05, 0.1) is 23.8 Å². The van der Waals surface area contributed by atoms with E-state index in [2.05, 4.69) is 20.6 Å². The lowest BCUT2D eigenvalue weighted by Crippen LogP contribution is -2.27. The second-order valence-electron chi connectivity index (χ2n) is 5.87. The summed E-state index contributed by atoms with van der Waals surface area (Å²) in [6.07, 6.45) is 9.45.